The van der Waals surface area contributed by atoms with Gasteiger partial charge in [0.2, 0.25) is 0 Å². The summed E-state index contributed by atoms with van der Waals surface area (Å²) in [7, 11) is 0. The topological polar surface area (TPSA) is 46.5 Å². The van der Waals surface area contributed by atoms with Gasteiger partial charge < -0.3 is 9.84 Å². The van der Waals surface area contributed by atoms with Gasteiger partial charge in [0.1, 0.15) is 11.5 Å². The van der Waals surface area contributed by atoms with Crippen LogP contribution >= 0.6 is 11.6 Å². The number of ether oxygens (including phenoxy) is 1. The van der Waals surface area contributed by atoms with E-state index < -0.39 is 5.97 Å². The fourth-order valence-electron chi connectivity index (χ4n) is 1.33. The number of aromatic carboxylic acids is 1. The standard InChI is InChI=1S/C13H9ClO3/c14-10-2-1-3-12(8-10)17-11-6-4-9(5-7-11)13(15)16/h1-8H,(H,15,16). The Morgan fingerprint density at radius 3 is 2.35 bits per heavy atom. The molecule has 0 aliphatic rings. The molecule has 0 heterocycles. The summed E-state index contributed by atoms with van der Waals surface area (Å²) in [5.41, 5.74) is 0.225. The van der Waals surface area contributed by atoms with Crippen molar-refractivity contribution < 1.29 is 14.6 Å². The van der Waals surface area contributed by atoms with Crippen LogP contribution in [0.2, 0.25) is 5.02 Å². The highest BCUT2D eigenvalue weighted by Crippen LogP contribution is 2.24. The minimum absolute atomic E-state index is 0.225. The maximum atomic E-state index is 10.7. The van der Waals surface area contributed by atoms with E-state index in [4.69, 9.17) is 21.4 Å². The van der Waals surface area contributed by atoms with Crippen LogP contribution < -0.4 is 4.74 Å². The molecule has 86 valence electrons. The zero-order valence-electron chi connectivity index (χ0n) is 8.76. The molecule has 1 N–H and O–H groups in total. The molecule has 0 bridgehead atoms. The van der Waals surface area contributed by atoms with Crippen molar-refractivity contribution in [1.29, 1.82) is 0 Å². The van der Waals surface area contributed by atoms with Gasteiger partial charge in [0, 0.05) is 5.02 Å². The van der Waals surface area contributed by atoms with E-state index >= 15 is 0 Å². The summed E-state index contributed by atoms with van der Waals surface area (Å²) >= 11 is 5.82. The molecule has 0 radical (unpaired) electrons. The van der Waals surface area contributed by atoms with Gasteiger partial charge >= 0.3 is 5.97 Å². The number of halogens is 1. The Labute approximate surface area is 103 Å². The average molecular weight is 249 g/mol. The van der Waals surface area contributed by atoms with Crippen LogP contribution in [0.25, 0.3) is 0 Å². The number of carboxylic acid groups (broad SMARTS) is 1. The molecule has 3 nitrogen and oxygen atoms in total. The van der Waals surface area contributed by atoms with Crippen LogP contribution in [0.3, 0.4) is 0 Å². The smallest absolute Gasteiger partial charge is 0.335 e. The Morgan fingerprint density at radius 2 is 1.76 bits per heavy atom. The molecule has 0 aromatic heterocycles. The van der Waals surface area contributed by atoms with Gasteiger partial charge in [-0.3, -0.25) is 0 Å². The number of carboxylic acids is 1. The van der Waals surface area contributed by atoms with E-state index in [-0.39, 0.29) is 5.56 Å². The summed E-state index contributed by atoms with van der Waals surface area (Å²) in [6.07, 6.45) is 0. The lowest BCUT2D eigenvalue weighted by molar-refractivity contribution is 0.0697. The Kier molecular flexibility index (Phi) is 3.30. The monoisotopic (exact) mass is 248 g/mol. The van der Waals surface area contributed by atoms with Gasteiger partial charge in [0.15, 0.2) is 0 Å². The fourth-order valence-corrected chi connectivity index (χ4v) is 1.51. The fraction of sp³-hybridized carbons (Fsp3) is 0. The zero-order chi connectivity index (χ0) is 12.3. The first kappa shape index (κ1) is 11.5. The number of hydrogen-bond acceptors (Lipinski definition) is 2. The third-order valence-electron chi connectivity index (χ3n) is 2.13. The van der Waals surface area contributed by atoms with E-state index in [2.05, 4.69) is 0 Å². The van der Waals surface area contributed by atoms with E-state index in [0.717, 1.165) is 0 Å². The lowest BCUT2D eigenvalue weighted by atomic mass is 10.2. The molecule has 17 heavy (non-hydrogen) atoms. The van der Waals surface area contributed by atoms with Crippen molar-refractivity contribution in [3.8, 4) is 11.5 Å². The van der Waals surface area contributed by atoms with Gasteiger partial charge in [-0.2, -0.15) is 0 Å². The largest absolute Gasteiger partial charge is 0.478 e. The maximum Gasteiger partial charge on any atom is 0.335 e. The third kappa shape index (κ3) is 2.98. The molecule has 0 saturated heterocycles. The van der Waals surface area contributed by atoms with E-state index in [9.17, 15) is 4.79 Å². The van der Waals surface area contributed by atoms with Gasteiger partial charge in [-0.25, -0.2) is 4.79 Å². The summed E-state index contributed by atoms with van der Waals surface area (Å²) in [5, 5.41) is 9.33. The van der Waals surface area contributed by atoms with Crippen LogP contribution in [0.5, 0.6) is 11.5 Å². The number of carbonyl (C=O) groups is 1. The van der Waals surface area contributed by atoms with E-state index in [1.54, 1.807) is 36.4 Å². The Hall–Kier alpha value is -2.00. The second-order valence-corrected chi connectivity index (χ2v) is 3.83. The van der Waals surface area contributed by atoms with Crippen LogP contribution in [0, 0.1) is 0 Å². The molecule has 2 aromatic carbocycles. The highest BCUT2D eigenvalue weighted by Gasteiger charge is 2.03. The maximum absolute atomic E-state index is 10.7. The molecule has 0 saturated carbocycles. The van der Waals surface area contributed by atoms with Crippen molar-refractivity contribution in [2.45, 2.75) is 0 Å². The van der Waals surface area contributed by atoms with Gasteiger partial charge in [-0.15, -0.1) is 0 Å². The summed E-state index contributed by atoms with van der Waals surface area (Å²) in [4.78, 5) is 10.7. The zero-order valence-corrected chi connectivity index (χ0v) is 9.52. The number of hydrogen-bond donors (Lipinski definition) is 1. The summed E-state index contributed by atoms with van der Waals surface area (Å²) in [5.74, 6) is 0.220. The van der Waals surface area contributed by atoms with E-state index in [1.807, 2.05) is 0 Å². The molecule has 2 aromatic rings. The lowest BCUT2D eigenvalue weighted by Gasteiger charge is -2.05. The molecule has 4 heteroatoms. The van der Waals surface area contributed by atoms with Crippen molar-refractivity contribution in [2.75, 3.05) is 0 Å². The first-order chi connectivity index (χ1) is 8.15. The van der Waals surface area contributed by atoms with Gasteiger partial charge in [0.05, 0.1) is 5.56 Å². The van der Waals surface area contributed by atoms with Gasteiger partial charge in [-0.1, -0.05) is 17.7 Å². The Morgan fingerprint density at radius 1 is 1.06 bits per heavy atom. The highest BCUT2D eigenvalue weighted by atomic mass is 35.5. The van der Waals surface area contributed by atoms with Crippen molar-refractivity contribution in [2.24, 2.45) is 0 Å². The summed E-state index contributed by atoms with van der Waals surface area (Å²) < 4.78 is 5.52. The van der Waals surface area contributed by atoms with Crippen LogP contribution in [0.15, 0.2) is 48.5 Å². The van der Waals surface area contributed by atoms with Gasteiger partial charge in [0.25, 0.3) is 0 Å². The van der Waals surface area contributed by atoms with Crippen molar-refractivity contribution in [3.63, 3.8) is 0 Å². The lowest BCUT2D eigenvalue weighted by Crippen LogP contribution is -1.95. The van der Waals surface area contributed by atoms with E-state index in [0.29, 0.717) is 16.5 Å². The molecule has 0 amide bonds. The third-order valence-corrected chi connectivity index (χ3v) is 2.37. The first-order valence-corrected chi connectivity index (χ1v) is 5.30. The normalized spacial score (nSPS) is 9.94. The second-order valence-electron chi connectivity index (χ2n) is 3.39. The number of benzene rings is 2. The first-order valence-electron chi connectivity index (χ1n) is 4.92. The van der Waals surface area contributed by atoms with Crippen LogP contribution in [0.1, 0.15) is 10.4 Å². The molecule has 0 unspecified atom stereocenters. The summed E-state index contributed by atoms with van der Waals surface area (Å²) in [6.45, 7) is 0. The molecule has 0 aliphatic heterocycles. The average Bonchev–Trinajstić information content (AvgIpc) is 2.29. The molecule has 0 fully saturated rings. The highest BCUT2D eigenvalue weighted by molar-refractivity contribution is 6.30. The van der Waals surface area contributed by atoms with Crippen molar-refractivity contribution in [1.82, 2.24) is 0 Å². The van der Waals surface area contributed by atoms with Crippen LogP contribution in [-0.2, 0) is 0 Å². The van der Waals surface area contributed by atoms with Crippen LogP contribution in [0.4, 0.5) is 0 Å². The van der Waals surface area contributed by atoms with E-state index in [1.165, 1.54) is 12.1 Å². The predicted octanol–water partition coefficient (Wildman–Crippen LogP) is 3.83. The minimum Gasteiger partial charge on any atom is -0.478 e. The molecular formula is C13H9ClO3. The molecule has 0 spiro atoms. The molecule has 2 rings (SSSR count). The molecule has 0 aliphatic carbocycles. The Bertz CT molecular complexity index is 535. The number of rotatable bonds is 3. The Balaban J connectivity index is 2.16. The molecule has 0 atom stereocenters. The van der Waals surface area contributed by atoms with Crippen molar-refractivity contribution >= 4 is 17.6 Å². The summed E-state index contributed by atoms with van der Waals surface area (Å²) in [6, 6.07) is 13.2. The van der Waals surface area contributed by atoms with Gasteiger partial charge in [-0.05, 0) is 42.5 Å². The molecular weight excluding hydrogens is 240 g/mol. The quantitative estimate of drug-likeness (QED) is 0.898. The second kappa shape index (κ2) is 4.89. The van der Waals surface area contributed by atoms with Crippen molar-refractivity contribution in [3.05, 3.63) is 59.1 Å². The predicted molar refractivity (Wildman–Crippen MR) is 64.9 cm³/mol. The SMILES string of the molecule is O=C(O)c1ccc(Oc2cccc(Cl)c2)cc1. The van der Waals surface area contributed by atoms with Crippen LogP contribution in [-0.4, -0.2) is 11.1 Å². The minimum atomic E-state index is -0.959.